The van der Waals surface area contributed by atoms with Gasteiger partial charge in [0, 0.05) is 18.0 Å². The minimum Gasteiger partial charge on any atom is -0.508 e. The highest BCUT2D eigenvalue weighted by atomic mass is 16.6. The third-order valence-corrected chi connectivity index (χ3v) is 4.41. The normalized spacial score (nSPS) is 27.3. The van der Waals surface area contributed by atoms with E-state index in [1.165, 1.54) is 0 Å². The van der Waals surface area contributed by atoms with Crippen LogP contribution >= 0.6 is 0 Å². The lowest BCUT2D eigenvalue weighted by Gasteiger charge is -2.36. The quantitative estimate of drug-likeness (QED) is 0.800. The SMILES string of the molecule is CC(C)(C)OC(=O)N1C[C@@H]2c3cccc(O)c3CO[C@@]2(C)C1. The minimum absolute atomic E-state index is 0.0517. The van der Waals surface area contributed by atoms with Crippen molar-refractivity contribution in [1.82, 2.24) is 4.90 Å². The van der Waals surface area contributed by atoms with Gasteiger partial charge in [-0.2, -0.15) is 0 Å². The molecule has 0 radical (unpaired) electrons. The van der Waals surface area contributed by atoms with Crippen LogP contribution in [0.4, 0.5) is 4.79 Å². The summed E-state index contributed by atoms with van der Waals surface area (Å²) in [5, 5.41) is 10.0. The first-order chi connectivity index (χ1) is 10.2. The van der Waals surface area contributed by atoms with Crippen LogP contribution in [0.15, 0.2) is 18.2 Å². The summed E-state index contributed by atoms with van der Waals surface area (Å²) in [6.07, 6.45) is -0.312. The summed E-state index contributed by atoms with van der Waals surface area (Å²) in [6, 6.07) is 5.53. The van der Waals surface area contributed by atoms with E-state index < -0.39 is 11.2 Å². The molecule has 1 saturated heterocycles. The number of hydrogen-bond donors (Lipinski definition) is 1. The number of amides is 1. The molecular formula is C17H23NO4. The van der Waals surface area contributed by atoms with Crippen LogP contribution in [0, 0.1) is 0 Å². The number of benzene rings is 1. The van der Waals surface area contributed by atoms with Gasteiger partial charge in [0.15, 0.2) is 0 Å². The number of hydrogen-bond acceptors (Lipinski definition) is 4. The molecule has 0 saturated carbocycles. The van der Waals surface area contributed by atoms with Gasteiger partial charge in [0.05, 0.1) is 18.8 Å². The molecule has 1 aromatic carbocycles. The number of carbonyl (C=O) groups excluding carboxylic acids is 1. The summed E-state index contributed by atoms with van der Waals surface area (Å²) >= 11 is 0. The summed E-state index contributed by atoms with van der Waals surface area (Å²) in [5.41, 5.74) is 0.955. The van der Waals surface area contributed by atoms with Gasteiger partial charge < -0.3 is 19.5 Å². The predicted octanol–water partition coefficient (Wildman–Crippen LogP) is 3.02. The number of rotatable bonds is 0. The predicted molar refractivity (Wildman–Crippen MR) is 81.8 cm³/mol. The molecule has 5 heteroatoms. The van der Waals surface area contributed by atoms with E-state index in [0.717, 1.165) is 11.1 Å². The minimum atomic E-state index is -0.511. The lowest BCUT2D eigenvalue weighted by Crippen LogP contribution is -2.41. The molecule has 0 aliphatic carbocycles. The number of likely N-dealkylation sites (tertiary alicyclic amines) is 1. The van der Waals surface area contributed by atoms with E-state index >= 15 is 0 Å². The molecule has 0 spiro atoms. The molecule has 2 aliphatic heterocycles. The van der Waals surface area contributed by atoms with Crippen molar-refractivity contribution in [3.63, 3.8) is 0 Å². The zero-order valence-corrected chi connectivity index (χ0v) is 13.5. The first-order valence-electron chi connectivity index (χ1n) is 7.62. The molecule has 2 atom stereocenters. The molecule has 2 aliphatic rings. The van der Waals surface area contributed by atoms with Crippen LogP contribution < -0.4 is 0 Å². The lowest BCUT2D eigenvalue weighted by atomic mass is 9.81. The van der Waals surface area contributed by atoms with Crippen molar-refractivity contribution >= 4 is 6.09 Å². The Morgan fingerprint density at radius 1 is 1.45 bits per heavy atom. The monoisotopic (exact) mass is 305 g/mol. The van der Waals surface area contributed by atoms with E-state index in [1.54, 1.807) is 11.0 Å². The van der Waals surface area contributed by atoms with E-state index in [-0.39, 0.29) is 17.8 Å². The van der Waals surface area contributed by atoms with Crippen LogP contribution in [0.25, 0.3) is 0 Å². The van der Waals surface area contributed by atoms with Crippen LogP contribution in [0.3, 0.4) is 0 Å². The fourth-order valence-electron chi connectivity index (χ4n) is 3.32. The second-order valence-corrected chi connectivity index (χ2v) is 7.36. The third kappa shape index (κ3) is 2.54. The van der Waals surface area contributed by atoms with E-state index in [9.17, 15) is 9.90 Å². The molecule has 1 N–H and O–H groups in total. The Labute approximate surface area is 130 Å². The molecule has 3 rings (SSSR count). The largest absolute Gasteiger partial charge is 0.508 e. The standard InChI is InChI=1S/C17H23NO4/c1-16(2,3)22-15(20)18-8-13-11-6-5-7-14(19)12(11)9-21-17(13,4)10-18/h5-7,13,19H,8-10H2,1-4H3/t13-,17+/m1/s1. The van der Waals surface area contributed by atoms with Crippen molar-refractivity contribution in [1.29, 1.82) is 0 Å². The molecule has 120 valence electrons. The molecule has 5 nitrogen and oxygen atoms in total. The van der Waals surface area contributed by atoms with Crippen molar-refractivity contribution < 1.29 is 19.4 Å². The Morgan fingerprint density at radius 2 is 2.18 bits per heavy atom. The number of phenolic OH excluding ortho intramolecular Hbond substituents is 1. The highest BCUT2D eigenvalue weighted by Crippen LogP contribution is 2.46. The van der Waals surface area contributed by atoms with Crippen LogP contribution in [-0.4, -0.2) is 40.4 Å². The van der Waals surface area contributed by atoms with Gasteiger partial charge in [0.25, 0.3) is 0 Å². The Hall–Kier alpha value is -1.75. The van der Waals surface area contributed by atoms with Gasteiger partial charge in [-0.15, -0.1) is 0 Å². The molecule has 2 heterocycles. The van der Waals surface area contributed by atoms with E-state index in [4.69, 9.17) is 9.47 Å². The molecule has 1 aromatic rings. The molecule has 0 aromatic heterocycles. The molecule has 22 heavy (non-hydrogen) atoms. The Bertz CT molecular complexity index is 607. The van der Waals surface area contributed by atoms with Gasteiger partial charge >= 0.3 is 6.09 Å². The summed E-state index contributed by atoms with van der Waals surface area (Å²) in [7, 11) is 0. The number of nitrogens with zero attached hydrogens (tertiary/aromatic N) is 1. The first-order valence-corrected chi connectivity index (χ1v) is 7.62. The van der Waals surface area contributed by atoms with Crippen LogP contribution in [0.2, 0.25) is 0 Å². The van der Waals surface area contributed by atoms with Gasteiger partial charge in [-0.05, 0) is 39.3 Å². The zero-order valence-electron chi connectivity index (χ0n) is 13.5. The Balaban J connectivity index is 1.86. The van der Waals surface area contributed by atoms with Crippen molar-refractivity contribution in [3.8, 4) is 5.75 Å². The molecule has 1 amide bonds. The number of ether oxygens (including phenoxy) is 2. The van der Waals surface area contributed by atoms with E-state index in [2.05, 4.69) is 0 Å². The zero-order chi connectivity index (χ0) is 16.1. The summed E-state index contributed by atoms with van der Waals surface area (Å²) in [5.74, 6) is 0.311. The maximum absolute atomic E-state index is 12.3. The average Bonchev–Trinajstić information content (AvgIpc) is 2.75. The lowest BCUT2D eigenvalue weighted by molar-refractivity contribution is -0.0582. The topological polar surface area (TPSA) is 59.0 Å². The van der Waals surface area contributed by atoms with E-state index in [0.29, 0.717) is 19.7 Å². The maximum Gasteiger partial charge on any atom is 0.410 e. The van der Waals surface area contributed by atoms with Crippen molar-refractivity contribution in [2.75, 3.05) is 13.1 Å². The second kappa shape index (κ2) is 4.88. The highest BCUT2D eigenvalue weighted by molar-refractivity contribution is 5.69. The van der Waals surface area contributed by atoms with Gasteiger partial charge in [0.1, 0.15) is 11.4 Å². The number of phenols is 1. The van der Waals surface area contributed by atoms with Gasteiger partial charge in [-0.1, -0.05) is 12.1 Å². The van der Waals surface area contributed by atoms with Crippen molar-refractivity contribution in [2.24, 2.45) is 0 Å². The number of aromatic hydroxyl groups is 1. The molecular weight excluding hydrogens is 282 g/mol. The third-order valence-electron chi connectivity index (χ3n) is 4.41. The van der Waals surface area contributed by atoms with Gasteiger partial charge in [-0.3, -0.25) is 0 Å². The maximum atomic E-state index is 12.3. The van der Waals surface area contributed by atoms with E-state index in [1.807, 2.05) is 39.8 Å². The summed E-state index contributed by atoms with van der Waals surface area (Å²) < 4.78 is 11.5. The van der Waals surface area contributed by atoms with Crippen molar-refractivity contribution in [3.05, 3.63) is 29.3 Å². The smallest absolute Gasteiger partial charge is 0.410 e. The number of fused-ring (bicyclic) bond motifs is 3. The van der Waals surface area contributed by atoms with Gasteiger partial charge in [0.2, 0.25) is 0 Å². The molecule has 0 unspecified atom stereocenters. The second-order valence-electron chi connectivity index (χ2n) is 7.36. The molecule has 0 bridgehead atoms. The Morgan fingerprint density at radius 3 is 2.86 bits per heavy atom. The average molecular weight is 305 g/mol. The van der Waals surface area contributed by atoms with Crippen LogP contribution in [0.1, 0.15) is 44.7 Å². The van der Waals surface area contributed by atoms with Gasteiger partial charge in [-0.25, -0.2) is 4.79 Å². The van der Waals surface area contributed by atoms with Crippen molar-refractivity contribution in [2.45, 2.75) is 51.4 Å². The molecule has 1 fully saturated rings. The van der Waals surface area contributed by atoms with Crippen LogP contribution in [-0.2, 0) is 16.1 Å². The summed E-state index contributed by atoms with van der Waals surface area (Å²) in [6.45, 7) is 9.02. The Kier molecular flexibility index (Phi) is 3.36. The fourth-order valence-corrected chi connectivity index (χ4v) is 3.32. The first kappa shape index (κ1) is 15.2. The number of carbonyl (C=O) groups is 1. The summed E-state index contributed by atoms with van der Waals surface area (Å²) in [4.78, 5) is 14.0. The fraction of sp³-hybridized carbons (Fsp3) is 0.588. The van der Waals surface area contributed by atoms with Crippen LogP contribution in [0.5, 0.6) is 5.75 Å². The highest BCUT2D eigenvalue weighted by Gasteiger charge is 2.50.